The molecule has 118 valence electrons. The molecule has 2 heterocycles. The van der Waals surface area contributed by atoms with Gasteiger partial charge in [0.15, 0.2) is 5.65 Å². The monoisotopic (exact) mass is 301 g/mol. The number of rotatable bonds is 3. The van der Waals surface area contributed by atoms with Crippen molar-refractivity contribution >= 4 is 11.6 Å². The Bertz CT molecular complexity index is 685. The molecule has 5 heteroatoms. The molecule has 0 unspecified atom stereocenters. The van der Waals surface area contributed by atoms with Crippen LogP contribution in [-0.2, 0) is 16.0 Å². The van der Waals surface area contributed by atoms with Crippen molar-refractivity contribution in [3.63, 3.8) is 0 Å². The molecule has 3 rings (SSSR count). The van der Waals surface area contributed by atoms with Crippen LogP contribution in [0.3, 0.4) is 0 Å². The summed E-state index contributed by atoms with van der Waals surface area (Å²) in [6.07, 6.45) is 7.32. The molecule has 0 aromatic carbocycles. The summed E-state index contributed by atoms with van der Waals surface area (Å²) in [6, 6.07) is 2.11. The topological polar surface area (TPSA) is 56.5 Å². The average molecular weight is 301 g/mol. The first-order valence-corrected chi connectivity index (χ1v) is 7.97. The van der Waals surface area contributed by atoms with Crippen molar-refractivity contribution < 1.29 is 9.53 Å². The summed E-state index contributed by atoms with van der Waals surface area (Å²) >= 11 is 0. The number of hydrogen-bond acceptors (Lipinski definition) is 4. The minimum Gasteiger partial charge on any atom is -0.469 e. The van der Waals surface area contributed by atoms with E-state index in [2.05, 4.69) is 33.8 Å². The van der Waals surface area contributed by atoms with E-state index >= 15 is 0 Å². The predicted molar refractivity (Wildman–Crippen MR) is 83.6 cm³/mol. The zero-order chi connectivity index (χ0) is 15.7. The van der Waals surface area contributed by atoms with Crippen molar-refractivity contribution in [1.29, 1.82) is 0 Å². The molecular formula is C17H23N3O2. The number of aryl methyl sites for hydroxylation is 2. The Kier molecular flexibility index (Phi) is 4.14. The highest BCUT2D eigenvalue weighted by molar-refractivity contribution is 5.72. The van der Waals surface area contributed by atoms with Crippen LogP contribution in [-0.4, -0.2) is 27.7 Å². The lowest BCUT2D eigenvalue weighted by atomic mass is 9.79. The standard InChI is InChI=1S/C17H23N3O2/c1-11-8-16-19-18-12(2)20(16)10-15(11)9-13-4-6-14(7-5-13)17(21)22-3/h8,10,13-14H,4-7,9H2,1-3H3. The van der Waals surface area contributed by atoms with Gasteiger partial charge in [-0.3, -0.25) is 9.20 Å². The number of ether oxygens (including phenoxy) is 1. The minimum atomic E-state index is -0.0452. The molecule has 0 bridgehead atoms. The number of aromatic nitrogens is 3. The smallest absolute Gasteiger partial charge is 0.308 e. The number of methoxy groups -OCH3 is 1. The summed E-state index contributed by atoms with van der Waals surface area (Å²) in [5.41, 5.74) is 3.54. The van der Waals surface area contributed by atoms with Crippen LogP contribution in [0.25, 0.3) is 5.65 Å². The van der Waals surface area contributed by atoms with Gasteiger partial charge < -0.3 is 4.74 Å². The van der Waals surface area contributed by atoms with Crippen LogP contribution in [0.4, 0.5) is 0 Å². The molecule has 2 aromatic rings. The van der Waals surface area contributed by atoms with Gasteiger partial charge >= 0.3 is 5.97 Å². The summed E-state index contributed by atoms with van der Waals surface area (Å²) < 4.78 is 6.92. The summed E-state index contributed by atoms with van der Waals surface area (Å²) in [5.74, 6) is 1.63. The van der Waals surface area contributed by atoms with E-state index in [1.165, 1.54) is 18.2 Å². The molecule has 22 heavy (non-hydrogen) atoms. The first kappa shape index (κ1) is 15.0. The molecule has 5 nitrogen and oxygen atoms in total. The van der Waals surface area contributed by atoms with Gasteiger partial charge in [-0.1, -0.05) is 0 Å². The molecule has 1 aliphatic rings. The van der Waals surface area contributed by atoms with E-state index in [0.717, 1.165) is 43.6 Å². The Hall–Kier alpha value is -1.91. The van der Waals surface area contributed by atoms with E-state index in [4.69, 9.17) is 4.74 Å². The third-order valence-electron chi connectivity index (χ3n) is 4.92. The van der Waals surface area contributed by atoms with E-state index in [1.807, 2.05) is 6.92 Å². The van der Waals surface area contributed by atoms with Gasteiger partial charge in [-0.05, 0) is 69.1 Å². The molecule has 0 N–H and O–H groups in total. The maximum absolute atomic E-state index is 11.6. The van der Waals surface area contributed by atoms with Gasteiger partial charge in [0, 0.05) is 6.20 Å². The summed E-state index contributed by atoms with van der Waals surface area (Å²) in [5, 5.41) is 8.29. The van der Waals surface area contributed by atoms with Crippen LogP contribution in [0.2, 0.25) is 0 Å². The summed E-state index contributed by atoms with van der Waals surface area (Å²) in [6.45, 7) is 4.11. The largest absolute Gasteiger partial charge is 0.469 e. The lowest BCUT2D eigenvalue weighted by Crippen LogP contribution is -2.23. The molecule has 0 amide bonds. The molecule has 0 spiro atoms. The van der Waals surface area contributed by atoms with Crippen molar-refractivity contribution in [2.75, 3.05) is 7.11 Å². The van der Waals surface area contributed by atoms with Crippen LogP contribution >= 0.6 is 0 Å². The van der Waals surface area contributed by atoms with Crippen LogP contribution in [0.15, 0.2) is 12.3 Å². The lowest BCUT2D eigenvalue weighted by molar-refractivity contribution is -0.146. The number of fused-ring (bicyclic) bond motifs is 1. The van der Waals surface area contributed by atoms with E-state index in [-0.39, 0.29) is 11.9 Å². The second-order valence-electron chi connectivity index (χ2n) is 6.40. The fourth-order valence-corrected chi connectivity index (χ4v) is 3.48. The predicted octanol–water partition coefficient (Wildman–Crippen LogP) is 2.87. The second kappa shape index (κ2) is 6.07. The van der Waals surface area contributed by atoms with Gasteiger partial charge in [-0.2, -0.15) is 0 Å². The highest BCUT2D eigenvalue weighted by Gasteiger charge is 2.27. The maximum atomic E-state index is 11.6. The number of esters is 1. The molecule has 1 saturated carbocycles. The average Bonchev–Trinajstić information content (AvgIpc) is 2.88. The van der Waals surface area contributed by atoms with E-state index in [9.17, 15) is 4.79 Å². The van der Waals surface area contributed by atoms with E-state index in [0.29, 0.717) is 5.92 Å². The molecule has 1 aliphatic carbocycles. The van der Waals surface area contributed by atoms with Crippen molar-refractivity contribution in [3.8, 4) is 0 Å². The molecule has 1 fully saturated rings. The maximum Gasteiger partial charge on any atom is 0.308 e. The Labute approximate surface area is 130 Å². The molecule has 0 atom stereocenters. The molecular weight excluding hydrogens is 278 g/mol. The van der Waals surface area contributed by atoms with E-state index in [1.54, 1.807) is 0 Å². The zero-order valence-electron chi connectivity index (χ0n) is 13.5. The van der Waals surface area contributed by atoms with Gasteiger partial charge in [-0.15, -0.1) is 10.2 Å². The number of carbonyl (C=O) groups excluding carboxylic acids is 1. The first-order chi connectivity index (χ1) is 10.6. The van der Waals surface area contributed by atoms with Crippen molar-refractivity contribution in [3.05, 3.63) is 29.2 Å². The third kappa shape index (κ3) is 2.85. The lowest BCUT2D eigenvalue weighted by Gasteiger charge is -2.27. The summed E-state index contributed by atoms with van der Waals surface area (Å²) in [4.78, 5) is 11.6. The van der Waals surface area contributed by atoms with Crippen LogP contribution < -0.4 is 0 Å². The minimum absolute atomic E-state index is 0.0452. The second-order valence-corrected chi connectivity index (χ2v) is 6.40. The van der Waals surface area contributed by atoms with Gasteiger partial charge in [0.05, 0.1) is 13.0 Å². The van der Waals surface area contributed by atoms with Crippen LogP contribution in [0, 0.1) is 25.7 Å². The van der Waals surface area contributed by atoms with Gasteiger partial charge in [-0.25, -0.2) is 0 Å². The fourth-order valence-electron chi connectivity index (χ4n) is 3.48. The highest BCUT2D eigenvalue weighted by Crippen LogP contribution is 2.32. The Morgan fingerprint density at radius 2 is 2.00 bits per heavy atom. The van der Waals surface area contributed by atoms with Gasteiger partial charge in [0.1, 0.15) is 5.82 Å². The Balaban J connectivity index is 1.70. The molecule has 2 aromatic heterocycles. The molecule has 0 saturated heterocycles. The van der Waals surface area contributed by atoms with Gasteiger partial charge in [0.25, 0.3) is 0 Å². The fraction of sp³-hybridized carbons (Fsp3) is 0.588. The van der Waals surface area contributed by atoms with Crippen molar-refractivity contribution in [1.82, 2.24) is 14.6 Å². The normalized spacial score (nSPS) is 22.0. The summed E-state index contributed by atoms with van der Waals surface area (Å²) in [7, 11) is 1.48. The number of hydrogen-bond donors (Lipinski definition) is 0. The quantitative estimate of drug-likeness (QED) is 0.818. The van der Waals surface area contributed by atoms with E-state index < -0.39 is 0 Å². The highest BCUT2D eigenvalue weighted by atomic mass is 16.5. The Morgan fingerprint density at radius 3 is 2.68 bits per heavy atom. The molecule has 0 aliphatic heterocycles. The number of pyridine rings is 1. The van der Waals surface area contributed by atoms with Crippen molar-refractivity contribution in [2.24, 2.45) is 11.8 Å². The van der Waals surface area contributed by atoms with Crippen molar-refractivity contribution in [2.45, 2.75) is 46.0 Å². The number of nitrogens with zero attached hydrogens (tertiary/aromatic N) is 3. The third-order valence-corrected chi connectivity index (χ3v) is 4.92. The first-order valence-electron chi connectivity index (χ1n) is 7.97. The SMILES string of the molecule is COC(=O)C1CCC(Cc2cn3c(C)nnc3cc2C)CC1. The molecule has 0 radical (unpaired) electrons. The van der Waals surface area contributed by atoms with Crippen LogP contribution in [0.5, 0.6) is 0 Å². The Morgan fingerprint density at radius 1 is 1.27 bits per heavy atom. The number of carbonyl (C=O) groups is 1. The van der Waals surface area contributed by atoms with Crippen LogP contribution in [0.1, 0.15) is 42.6 Å². The zero-order valence-corrected chi connectivity index (χ0v) is 13.5. The van der Waals surface area contributed by atoms with Gasteiger partial charge in [0.2, 0.25) is 0 Å².